The number of hydrogen-bond acceptors (Lipinski definition) is 4. The van der Waals surface area contributed by atoms with Gasteiger partial charge >= 0.3 is 0 Å². The maximum Gasteiger partial charge on any atom is 0.251 e. The van der Waals surface area contributed by atoms with E-state index in [2.05, 4.69) is 65.1 Å². The Balaban J connectivity index is 1.26. The highest BCUT2D eigenvalue weighted by Crippen LogP contribution is 2.27. The molecule has 0 spiro atoms. The van der Waals surface area contributed by atoms with Crippen LogP contribution in [-0.2, 0) is 18.8 Å². The van der Waals surface area contributed by atoms with Crippen LogP contribution in [0.3, 0.4) is 0 Å². The number of pyridine rings is 1. The summed E-state index contributed by atoms with van der Waals surface area (Å²) < 4.78 is 2.18. The van der Waals surface area contributed by atoms with Crippen LogP contribution in [0.4, 0.5) is 0 Å². The molecule has 0 bridgehead atoms. The van der Waals surface area contributed by atoms with Crippen molar-refractivity contribution in [1.29, 1.82) is 0 Å². The maximum atomic E-state index is 12.6. The minimum Gasteiger partial charge on any atom is -0.348 e. The number of carbonyl (C=O) groups excluding carboxylic acids is 1. The lowest BCUT2D eigenvalue weighted by molar-refractivity contribution is 0.0951. The highest BCUT2D eigenvalue weighted by atomic mass is 32.2. The van der Waals surface area contributed by atoms with Gasteiger partial charge in [-0.05, 0) is 54.8 Å². The summed E-state index contributed by atoms with van der Waals surface area (Å²) in [6.45, 7) is 5.40. The smallest absolute Gasteiger partial charge is 0.251 e. The summed E-state index contributed by atoms with van der Waals surface area (Å²) in [6, 6.07) is 28.4. The summed E-state index contributed by atoms with van der Waals surface area (Å²) >= 11 is 1.68. The van der Waals surface area contributed by atoms with Crippen molar-refractivity contribution in [2.45, 2.75) is 37.8 Å². The van der Waals surface area contributed by atoms with Crippen molar-refractivity contribution >= 4 is 28.8 Å². The first-order chi connectivity index (χ1) is 17.5. The molecular weight excluding hydrogens is 464 g/mol. The lowest BCUT2D eigenvalue weighted by Gasteiger charge is -2.10. The Hall–Kier alpha value is -3.90. The van der Waals surface area contributed by atoms with Crippen LogP contribution in [0.1, 0.15) is 38.2 Å². The van der Waals surface area contributed by atoms with E-state index >= 15 is 0 Å². The average Bonchev–Trinajstić information content (AvgIpc) is 3.24. The molecule has 3 aromatic carbocycles. The number of aromatic nitrogens is 3. The van der Waals surface area contributed by atoms with Gasteiger partial charge in [0.2, 0.25) is 0 Å². The van der Waals surface area contributed by atoms with Crippen LogP contribution >= 0.6 is 11.8 Å². The molecule has 0 saturated heterocycles. The molecule has 0 fully saturated rings. The summed E-state index contributed by atoms with van der Waals surface area (Å²) in [5.74, 6) is 0.684. The number of hydrogen-bond donors (Lipinski definition) is 1. The van der Waals surface area contributed by atoms with E-state index in [1.54, 1.807) is 11.8 Å². The molecule has 0 radical (unpaired) electrons. The molecule has 0 aliphatic heterocycles. The van der Waals surface area contributed by atoms with E-state index in [1.165, 1.54) is 16.7 Å². The predicted octanol–water partition coefficient (Wildman–Crippen LogP) is 6.32. The van der Waals surface area contributed by atoms with Crippen molar-refractivity contribution in [2.75, 3.05) is 0 Å². The number of amides is 1. The fourth-order valence-electron chi connectivity index (χ4n) is 4.07. The minimum absolute atomic E-state index is 0.0687. The maximum absolute atomic E-state index is 12.6. The SMILES string of the molecule is Cc1ccc(CNC(=O)c2ccc(CSc3nc4cccnc4n3Cc3cccc(C)c3)cc2)cc1. The predicted molar refractivity (Wildman–Crippen MR) is 146 cm³/mol. The van der Waals surface area contributed by atoms with E-state index in [9.17, 15) is 4.79 Å². The Morgan fingerprint density at radius 3 is 2.42 bits per heavy atom. The van der Waals surface area contributed by atoms with E-state index in [0.29, 0.717) is 12.1 Å². The monoisotopic (exact) mass is 492 g/mol. The van der Waals surface area contributed by atoms with Gasteiger partial charge in [-0.1, -0.05) is 83.6 Å². The standard InChI is InChI=1S/C30H28N4OS/c1-21-8-10-23(11-9-21)18-32-29(35)26-14-12-24(13-15-26)20-36-30-33-27-7-4-16-31-28(27)34(30)19-25-6-3-5-22(2)17-25/h3-17H,18-20H2,1-2H3,(H,32,35). The zero-order valence-electron chi connectivity index (χ0n) is 20.4. The normalized spacial score (nSPS) is 11.1. The van der Waals surface area contributed by atoms with Crippen LogP contribution in [-0.4, -0.2) is 20.4 Å². The fraction of sp³-hybridized carbons (Fsp3) is 0.167. The van der Waals surface area contributed by atoms with Crippen LogP contribution in [0.25, 0.3) is 11.2 Å². The van der Waals surface area contributed by atoms with E-state index in [4.69, 9.17) is 4.98 Å². The summed E-state index contributed by atoms with van der Waals surface area (Å²) in [4.78, 5) is 22.0. The van der Waals surface area contributed by atoms with Gasteiger partial charge in [0.25, 0.3) is 5.91 Å². The average molecular weight is 493 g/mol. The van der Waals surface area contributed by atoms with Crippen LogP contribution in [0.15, 0.2) is 96.3 Å². The molecule has 5 nitrogen and oxygen atoms in total. The molecule has 180 valence electrons. The van der Waals surface area contributed by atoms with Gasteiger partial charge in [-0.25, -0.2) is 9.97 Å². The number of nitrogens with one attached hydrogen (secondary N) is 1. The molecule has 2 aromatic heterocycles. The van der Waals surface area contributed by atoms with Crippen LogP contribution in [0.2, 0.25) is 0 Å². The zero-order chi connectivity index (χ0) is 24.9. The Bertz CT molecular complexity index is 1490. The number of rotatable bonds is 8. The molecule has 0 aliphatic carbocycles. The Morgan fingerprint density at radius 1 is 0.861 bits per heavy atom. The summed E-state index contributed by atoms with van der Waals surface area (Å²) in [5, 5.41) is 3.93. The molecule has 5 rings (SSSR count). The molecule has 2 heterocycles. The second-order valence-corrected chi connectivity index (χ2v) is 9.91. The second-order valence-electron chi connectivity index (χ2n) is 8.97. The van der Waals surface area contributed by atoms with Crippen molar-refractivity contribution in [3.63, 3.8) is 0 Å². The molecule has 6 heteroatoms. The molecule has 0 unspecified atom stereocenters. The quantitative estimate of drug-likeness (QED) is 0.258. The zero-order valence-corrected chi connectivity index (χ0v) is 21.3. The van der Waals surface area contributed by atoms with E-state index < -0.39 is 0 Å². The van der Waals surface area contributed by atoms with Gasteiger partial charge in [-0.3, -0.25) is 9.36 Å². The second kappa shape index (κ2) is 10.8. The Morgan fingerprint density at radius 2 is 1.64 bits per heavy atom. The third kappa shape index (κ3) is 5.66. The van der Waals surface area contributed by atoms with Crippen molar-refractivity contribution < 1.29 is 4.79 Å². The number of aryl methyl sites for hydroxylation is 2. The Kier molecular flexibility index (Phi) is 7.14. The largest absolute Gasteiger partial charge is 0.348 e. The van der Waals surface area contributed by atoms with Gasteiger partial charge in [-0.15, -0.1) is 0 Å². The lowest BCUT2D eigenvalue weighted by Crippen LogP contribution is -2.22. The van der Waals surface area contributed by atoms with E-state index in [1.807, 2.05) is 54.7 Å². The van der Waals surface area contributed by atoms with Crippen molar-refractivity contribution in [3.05, 3.63) is 125 Å². The molecular formula is C30H28N4OS. The minimum atomic E-state index is -0.0687. The van der Waals surface area contributed by atoms with Gasteiger partial charge < -0.3 is 5.32 Å². The summed E-state index contributed by atoms with van der Waals surface area (Å²) in [5.41, 5.74) is 8.34. The summed E-state index contributed by atoms with van der Waals surface area (Å²) in [6.07, 6.45) is 1.81. The molecule has 5 aromatic rings. The number of imidazole rings is 1. The van der Waals surface area contributed by atoms with Crippen LogP contribution < -0.4 is 5.32 Å². The first kappa shape index (κ1) is 23.8. The topological polar surface area (TPSA) is 59.8 Å². The molecule has 36 heavy (non-hydrogen) atoms. The molecule has 0 saturated carbocycles. The first-order valence-corrected chi connectivity index (χ1v) is 13.0. The number of carbonyl (C=O) groups is 1. The summed E-state index contributed by atoms with van der Waals surface area (Å²) in [7, 11) is 0. The van der Waals surface area contributed by atoms with E-state index in [0.717, 1.165) is 39.7 Å². The molecule has 1 amide bonds. The number of benzene rings is 3. The number of fused-ring (bicyclic) bond motifs is 1. The first-order valence-electron chi connectivity index (χ1n) is 12.0. The third-order valence-electron chi connectivity index (χ3n) is 6.05. The highest BCUT2D eigenvalue weighted by molar-refractivity contribution is 7.98. The van der Waals surface area contributed by atoms with Gasteiger partial charge in [0.1, 0.15) is 5.52 Å². The fourth-order valence-corrected chi connectivity index (χ4v) is 5.03. The molecule has 0 atom stereocenters. The third-order valence-corrected chi connectivity index (χ3v) is 7.10. The highest BCUT2D eigenvalue weighted by Gasteiger charge is 2.13. The van der Waals surface area contributed by atoms with Crippen molar-refractivity contribution in [2.24, 2.45) is 0 Å². The van der Waals surface area contributed by atoms with Gasteiger partial charge in [-0.2, -0.15) is 0 Å². The lowest BCUT2D eigenvalue weighted by atomic mass is 10.1. The number of thioether (sulfide) groups is 1. The van der Waals surface area contributed by atoms with Crippen molar-refractivity contribution in [3.8, 4) is 0 Å². The van der Waals surface area contributed by atoms with E-state index in [-0.39, 0.29) is 5.91 Å². The van der Waals surface area contributed by atoms with Crippen LogP contribution in [0, 0.1) is 13.8 Å². The van der Waals surface area contributed by atoms with Gasteiger partial charge in [0.15, 0.2) is 10.8 Å². The molecule has 0 aliphatic rings. The number of nitrogens with zero attached hydrogens (tertiary/aromatic N) is 3. The van der Waals surface area contributed by atoms with Crippen molar-refractivity contribution in [1.82, 2.24) is 19.9 Å². The van der Waals surface area contributed by atoms with Crippen LogP contribution in [0.5, 0.6) is 0 Å². The molecule has 1 N–H and O–H groups in total. The van der Waals surface area contributed by atoms with Gasteiger partial charge in [0, 0.05) is 24.1 Å². The van der Waals surface area contributed by atoms with Gasteiger partial charge in [0.05, 0.1) is 6.54 Å². The Labute approximate surface area is 215 Å².